The highest BCUT2D eigenvalue weighted by atomic mass is 32.2. The van der Waals surface area contributed by atoms with Crippen LogP contribution in [0, 0.1) is 0 Å². The van der Waals surface area contributed by atoms with Crippen LogP contribution in [0.1, 0.15) is 6.92 Å². The lowest BCUT2D eigenvalue weighted by Crippen LogP contribution is -2.14. The number of nitrogens with zero attached hydrogens (tertiary/aromatic N) is 3. The first-order chi connectivity index (χ1) is 14.1. The third-order valence-electron chi connectivity index (χ3n) is 4.02. The monoisotopic (exact) mass is 414 g/mol. The number of amides is 1. The van der Waals surface area contributed by atoms with Crippen molar-refractivity contribution < 1.29 is 19.0 Å². The van der Waals surface area contributed by atoms with Gasteiger partial charge in [-0.25, -0.2) is 0 Å². The van der Waals surface area contributed by atoms with Crippen LogP contribution in [0.5, 0.6) is 17.2 Å². The molecular weight excluding hydrogens is 392 g/mol. The molecule has 0 saturated heterocycles. The summed E-state index contributed by atoms with van der Waals surface area (Å²) in [6.45, 7) is 2.43. The molecule has 2 N–H and O–H groups in total. The van der Waals surface area contributed by atoms with Gasteiger partial charge in [0.05, 0.1) is 32.3 Å². The van der Waals surface area contributed by atoms with Crippen molar-refractivity contribution in [3.8, 4) is 34.3 Å². The first-order valence-electron chi connectivity index (χ1n) is 8.90. The molecule has 9 heteroatoms. The number of methoxy groups -OCH3 is 2. The number of benzene rings is 2. The van der Waals surface area contributed by atoms with Gasteiger partial charge in [-0.3, -0.25) is 9.36 Å². The Morgan fingerprint density at radius 3 is 2.52 bits per heavy atom. The van der Waals surface area contributed by atoms with Gasteiger partial charge in [-0.05, 0) is 37.3 Å². The molecule has 0 aliphatic heterocycles. The topological polar surface area (TPSA) is 101 Å². The number of para-hydroxylation sites is 2. The van der Waals surface area contributed by atoms with Crippen molar-refractivity contribution in [3.63, 3.8) is 0 Å². The van der Waals surface area contributed by atoms with E-state index in [4.69, 9.17) is 19.9 Å². The lowest BCUT2D eigenvalue weighted by Gasteiger charge is -2.15. The van der Waals surface area contributed by atoms with Crippen LogP contribution in [0.15, 0.2) is 47.6 Å². The van der Waals surface area contributed by atoms with Gasteiger partial charge in [0, 0.05) is 5.56 Å². The average Bonchev–Trinajstić information content (AvgIpc) is 3.16. The second-order valence-corrected chi connectivity index (χ2v) is 6.81. The molecule has 0 radical (unpaired) electrons. The van der Waals surface area contributed by atoms with Crippen LogP contribution < -0.4 is 19.9 Å². The zero-order valence-corrected chi connectivity index (χ0v) is 17.2. The molecule has 8 nitrogen and oxygen atoms in total. The molecule has 3 rings (SSSR count). The summed E-state index contributed by atoms with van der Waals surface area (Å²) in [6, 6.07) is 13.1. The normalized spacial score (nSPS) is 10.6. The van der Waals surface area contributed by atoms with Crippen molar-refractivity contribution >= 4 is 17.7 Å². The van der Waals surface area contributed by atoms with Gasteiger partial charge in [0.2, 0.25) is 5.91 Å². The summed E-state index contributed by atoms with van der Waals surface area (Å²) in [5, 5.41) is 9.17. The maximum atomic E-state index is 11.3. The van der Waals surface area contributed by atoms with Crippen molar-refractivity contribution in [2.45, 2.75) is 12.1 Å². The van der Waals surface area contributed by atoms with E-state index in [1.54, 1.807) is 20.3 Å². The van der Waals surface area contributed by atoms with Gasteiger partial charge in [0.1, 0.15) is 5.75 Å². The Bertz CT molecular complexity index is 1010. The van der Waals surface area contributed by atoms with E-state index in [0.717, 1.165) is 11.3 Å². The van der Waals surface area contributed by atoms with Crippen molar-refractivity contribution in [2.24, 2.45) is 5.73 Å². The minimum Gasteiger partial charge on any atom is -0.493 e. The van der Waals surface area contributed by atoms with Crippen LogP contribution in [0.3, 0.4) is 0 Å². The van der Waals surface area contributed by atoms with E-state index in [2.05, 4.69) is 10.2 Å². The van der Waals surface area contributed by atoms with Gasteiger partial charge >= 0.3 is 0 Å². The van der Waals surface area contributed by atoms with Crippen LogP contribution in [-0.4, -0.2) is 47.3 Å². The van der Waals surface area contributed by atoms with E-state index in [1.807, 2.05) is 47.9 Å². The lowest BCUT2D eigenvalue weighted by atomic mass is 10.1. The molecule has 0 spiro atoms. The first kappa shape index (κ1) is 20.5. The molecule has 0 fully saturated rings. The van der Waals surface area contributed by atoms with E-state index in [9.17, 15) is 4.79 Å². The number of carbonyl (C=O) groups excluding carboxylic acids is 1. The van der Waals surface area contributed by atoms with Gasteiger partial charge in [-0.1, -0.05) is 23.9 Å². The number of hydrogen-bond acceptors (Lipinski definition) is 7. The molecule has 0 unspecified atom stereocenters. The summed E-state index contributed by atoms with van der Waals surface area (Å²) < 4.78 is 18.4. The Kier molecular flexibility index (Phi) is 6.61. The molecule has 0 aliphatic rings. The van der Waals surface area contributed by atoms with Crippen molar-refractivity contribution in [1.29, 1.82) is 0 Å². The smallest absolute Gasteiger partial charge is 0.227 e. The van der Waals surface area contributed by atoms with Crippen LogP contribution in [0.4, 0.5) is 0 Å². The average molecular weight is 414 g/mol. The van der Waals surface area contributed by atoms with Crippen LogP contribution in [-0.2, 0) is 4.79 Å². The standard InChI is InChI=1S/C20H22N4O4S/c1-4-28-15-8-6-5-7-14(15)24-19(22-23-20(24)29-12-18(21)25)13-9-10-16(26-2)17(11-13)27-3/h5-11H,4,12H2,1-3H3,(H2,21,25). The quantitative estimate of drug-likeness (QED) is 0.537. The van der Waals surface area contributed by atoms with Gasteiger partial charge < -0.3 is 19.9 Å². The minimum atomic E-state index is -0.435. The lowest BCUT2D eigenvalue weighted by molar-refractivity contribution is -0.115. The van der Waals surface area contributed by atoms with E-state index in [1.165, 1.54) is 11.8 Å². The van der Waals surface area contributed by atoms with Gasteiger partial charge in [-0.15, -0.1) is 10.2 Å². The number of rotatable bonds is 9. The fourth-order valence-corrected chi connectivity index (χ4v) is 3.48. The Morgan fingerprint density at radius 1 is 1.07 bits per heavy atom. The molecule has 1 aromatic heterocycles. The number of primary amides is 1. The van der Waals surface area contributed by atoms with E-state index < -0.39 is 5.91 Å². The summed E-state index contributed by atoms with van der Waals surface area (Å²) >= 11 is 1.21. The van der Waals surface area contributed by atoms with E-state index in [0.29, 0.717) is 34.8 Å². The third-order valence-corrected chi connectivity index (χ3v) is 4.98. The number of hydrogen-bond donors (Lipinski definition) is 1. The number of aromatic nitrogens is 3. The number of ether oxygens (including phenoxy) is 3. The zero-order chi connectivity index (χ0) is 20.8. The highest BCUT2D eigenvalue weighted by Gasteiger charge is 2.20. The zero-order valence-electron chi connectivity index (χ0n) is 16.4. The molecule has 0 saturated carbocycles. The van der Waals surface area contributed by atoms with Crippen molar-refractivity contribution in [1.82, 2.24) is 14.8 Å². The van der Waals surface area contributed by atoms with Crippen LogP contribution in [0.25, 0.3) is 17.1 Å². The number of carbonyl (C=O) groups is 1. The molecule has 0 atom stereocenters. The summed E-state index contributed by atoms with van der Waals surface area (Å²) in [6.07, 6.45) is 0. The van der Waals surface area contributed by atoms with Crippen molar-refractivity contribution in [3.05, 3.63) is 42.5 Å². The largest absolute Gasteiger partial charge is 0.493 e. The summed E-state index contributed by atoms with van der Waals surface area (Å²) in [5.74, 6) is 2.09. The molecule has 3 aromatic rings. The summed E-state index contributed by atoms with van der Waals surface area (Å²) in [7, 11) is 3.15. The molecule has 1 heterocycles. The van der Waals surface area contributed by atoms with Gasteiger partial charge in [-0.2, -0.15) is 0 Å². The third kappa shape index (κ3) is 4.45. The number of thioether (sulfide) groups is 1. The molecule has 0 aliphatic carbocycles. The molecule has 29 heavy (non-hydrogen) atoms. The molecule has 152 valence electrons. The van der Waals surface area contributed by atoms with Crippen LogP contribution >= 0.6 is 11.8 Å². The van der Waals surface area contributed by atoms with E-state index >= 15 is 0 Å². The maximum Gasteiger partial charge on any atom is 0.227 e. The minimum absolute atomic E-state index is 0.0842. The Morgan fingerprint density at radius 2 is 1.83 bits per heavy atom. The highest BCUT2D eigenvalue weighted by Crippen LogP contribution is 2.36. The van der Waals surface area contributed by atoms with Gasteiger partial charge in [0.25, 0.3) is 0 Å². The summed E-state index contributed by atoms with van der Waals surface area (Å²) in [4.78, 5) is 11.3. The maximum absolute atomic E-state index is 11.3. The Hall–Kier alpha value is -3.20. The predicted molar refractivity (Wildman–Crippen MR) is 111 cm³/mol. The number of nitrogens with two attached hydrogens (primary N) is 1. The van der Waals surface area contributed by atoms with Gasteiger partial charge in [0.15, 0.2) is 22.5 Å². The Balaban J connectivity index is 2.17. The second-order valence-electron chi connectivity index (χ2n) is 5.87. The molecule has 2 aromatic carbocycles. The Labute approximate surface area is 173 Å². The fourth-order valence-electron chi connectivity index (χ4n) is 2.80. The summed E-state index contributed by atoms with van der Waals surface area (Å²) in [5.41, 5.74) is 6.85. The molecule has 0 bridgehead atoms. The molecular formula is C20H22N4O4S. The van der Waals surface area contributed by atoms with E-state index in [-0.39, 0.29) is 5.75 Å². The fraction of sp³-hybridized carbons (Fsp3) is 0.250. The van der Waals surface area contributed by atoms with Crippen molar-refractivity contribution in [2.75, 3.05) is 26.6 Å². The SMILES string of the molecule is CCOc1ccccc1-n1c(SCC(N)=O)nnc1-c1ccc(OC)c(OC)c1. The second kappa shape index (κ2) is 9.33. The molecule has 1 amide bonds. The highest BCUT2D eigenvalue weighted by molar-refractivity contribution is 7.99. The first-order valence-corrected chi connectivity index (χ1v) is 9.88. The van der Waals surface area contributed by atoms with Crippen LogP contribution in [0.2, 0.25) is 0 Å². The predicted octanol–water partition coefficient (Wildman–Crippen LogP) is 2.93.